The van der Waals surface area contributed by atoms with Gasteiger partial charge in [0.05, 0.1) is 5.75 Å². The van der Waals surface area contributed by atoms with E-state index in [4.69, 9.17) is 4.74 Å². The summed E-state index contributed by atoms with van der Waals surface area (Å²) < 4.78 is 7.70. The minimum Gasteiger partial charge on any atom is -0.485 e. The highest BCUT2D eigenvalue weighted by molar-refractivity contribution is 7.99. The number of amides is 2. The summed E-state index contributed by atoms with van der Waals surface area (Å²) in [7, 11) is 1.85. The van der Waals surface area contributed by atoms with Gasteiger partial charge in [-0.3, -0.25) is 9.59 Å². The maximum atomic E-state index is 12.3. The van der Waals surface area contributed by atoms with Crippen molar-refractivity contribution in [3.8, 4) is 5.75 Å². The zero-order valence-electron chi connectivity index (χ0n) is 17.9. The van der Waals surface area contributed by atoms with Gasteiger partial charge in [-0.2, -0.15) is 0 Å². The van der Waals surface area contributed by atoms with E-state index in [0.29, 0.717) is 29.0 Å². The van der Waals surface area contributed by atoms with Crippen LogP contribution in [-0.4, -0.2) is 32.3 Å². The Morgan fingerprint density at radius 1 is 1.03 bits per heavy atom. The number of thioether (sulfide) groups is 1. The van der Waals surface area contributed by atoms with Crippen LogP contribution in [0.2, 0.25) is 0 Å². The summed E-state index contributed by atoms with van der Waals surface area (Å²) in [5.74, 6) is 1.38. The van der Waals surface area contributed by atoms with Crippen molar-refractivity contribution in [3.63, 3.8) is 0 Å². The summed E-state index contributed by atoms with van der Waals surface area (Å²) >= 11 is 1.30. The van der Waals surface area contributed by atoms with Gasteiger partial charge in [0.15, 0.2) is 11.0 Å². The first-order valence-corrected chi connectivity index (χ1v) is 10.7. The van der Waals surface area contributed by atoms with Gasteiger partial charge in [0.2, 0.25) is 11.8 Å². The monoisotopic (exact) mass is 439 g/mol. The summed E-state index contributed by atoms with van der Waals surface area (Å²) in [5.41, 5.74) is 3.58. The molecule has 9 heteroatoms. The lowest BCUT2D eigenvalue weighted by molar-refractivity contribution is -0.114. The van der Waals surface area contributed by atoms with Crippen LogP contribution in [0.1, 0.15) is 23.9 Å². The number of rotatable bonds is 8. The SMILES string of the molecule is CC(=O)Nc1ccc(NC(=O)CSc2nnc(COc3ccc(C)cc3C)n2C)cc1. The molecule has 8 nitrogen and oxygen atoms in total. The van der Waals surface area contributed by atoms with Gasteiger partial charge in [-0.15, -0.1) is 10.2 Å². The summed E-state index contributed by atoms with van der Waals surface area (Å²) in [6, 6.07) is 13.0. The Bertz CT molecular complexity index is 1080. The van der Waals surface area contributed by atoms with Gasteiger partial charge in [0, 0.05) is 25.3 Å². The van der Waals surface area contributed by atoms with Crippen molar-refractivity contribution in [1.29, 1.82) is 0 Å². The number of hydrogen-bond acceptors (Lipinski definition) is 6. The molecule has 0 spiro atoms. The Kier molecular flexibility index (Phi) is 7.30. The minimum absolute atomic E-state index is 0.143. The van der Waals surface area contributed by atoms with Crippen molar-refractivity contribution in [2.24, 2.45) is 7.05 Å². The molecule has 0 saturated carbocycles. The predicted molar refractivity (Wildman–Crippen MR) is 121 cm³/mol. The van der Waals surface area contributed by atoms with E-state index >= 15 is 0 Å². The van der Waals surface area contributed by atoms with E-state index in [0.717, 1.165) is 11.3 Å². The molecule has 1 heterocycles. The molecule has 3 rings (SSSR count). The maximum absolute atomic E-state index is 12.3. The average molecular weight is 440 g/mol. The number of carbonyl (C=O) groups excluding carboxylic acids is 2. The van der Waals surface area contributed by atoms with Crippen LogP contribution >= 0.6 is 11.8 Å². The Labute approximate surface area is 185 Å². The first-order valence-electron chi connectivity index (χ1n) is 9.70. The molecule has 0 aliphatic rings. The number of anilines is 2. The van der Waals surface area contributed by atoms with Gasteiger partial charge in [-0.25, -0.2) is 0 Å². The molecule has 0 aliphatic heterocycles. The third-order valence-corrected chi connectivity index (χ3v) is 5.45. The van der Waals surface area contributed by atoms with E-state index in [9.17, 15) is 9.59 Å². The molecular formula is C22H25N5O3S. The van der Waals surface area contributed by atoms with Crippen molar-refractivity contribution in [2.75, 3.05) is 16.4 Å². The van der Waals surface area contributed by atoms with E-state index in [1.54, 1.807) is 24.3 Å². The fraction of sp³-hybridized carbons (Fsp3) is 0.273. The normalized spacial score (nSPS) is 10.6. The molecule has 0 bridgehead atoms. The first-order chi connectivity index (χ1) is 14.8. The number of nitrogens with one attached hydrogen (secondary N) is 2. The van der Waals surface area contributed by atoms with Gasteiger partial charge in [0.1, 0.15) is 12.4 Å². The van der Waals surface area contributed by atoms with E-state index in [1.165, 1.54) is 24.2 Å². The largest absolute Gasteiger partial charge is 0.485 e. The van der Waals surface area contributed by atoms with Gasteiger partial charge in [0.25, 0.3) is 0 Å². The number of ether oxygens (including phenoxy) is 1. The summed E-state index contributed by atoms with van der Waals surface area (Å²) in [6.45, 7) is 5.79. The maximum Gasteiger partial charge on any atom is 0.234 e. The van der Waals surface area contributed by atoms with Crippen LogP contribution in [-0.2, 0) is 23.2 Å². The van der Waals surface area contributed by atoms with Crippen molar-refractivity contribution < 1.29 is 14.3 Å². The number of aryl methyl sites for hydroxylation is 2. The molecule has 3 aromatic rings. The number of nitrogens with zero attached hydrogens (tertiary/aromatic N) is 3. The molecule has 31 heavy (non-hydrogen) atoms. The molecule has 0 saturated heterocycles. The Hall–Kier alpha value is -3.33. The van der Waals surface area contributed by atoms with Gasteiger partial charge in [-0.05, 0) is 49.7 Å². The quantitative estimate of drug-likeness (QED) is 0.520. The van der Waals surface area contributed by atoms with Crippen LogP contribution in [0, 0.1) is 13.8 Å². The van der Waals surface area contributed by atoms with Crippen LogP contribution in [0.5, 0.6) is 5.75 Å². The second-order valence-corrected chi connectivity index (χ2v) is 8.05. The smallest absolute Gasteiger partial charge is 0.234 e. The Balaban J connectivity index is 1.51. The third kappa shape index (κ3) is 6.32. The molecular weight excluding hydrogens is 414 g/mol. The highest BCUT2D eigenvalue weighted by Crippen LogP contribution is 2.21. The van der Waals surface area contributed by atoms with Crippen LogP contribution in [0.3, 0.4) is 0 Å². The van der Waals surface area contributed by atoms with E-state index in [-0.39, 0.29) is 17.6 Å². The van der Waals surface area contributed by atoms with Gasteiger partial charge >= 0.3 is 0 Å². The van der Waals surface area contributed by atoms with Crippen LogP contribution in [0.15, 0.2) is 47.6 Å². The zero-order valence-corrected chi connectivity index (χ0v) is 18.7. The molecule has 0 atom stereocenters. The van der Waals surface area contributed by atoms with Crippen molar-refractivity contribution >= 4 is 35.0 Å². The lowest BCUT2D eigenvalue weighted by Gasteiger charge is -2.10. The van der Waals surface area contributed by atoms with E-state index in [1.807, 2.05) is 37.6 Å². The molecule has 2 amide bonds. The number of aromatic nitrogens is 3. The fourth-order valence-corrected chi connectivity index (χ4v) is 3.60. The average Bonchev–Trinajstić information content (AvgIpc) is 3.06. The molecule has 0 fully saturated rings. The highest BCUT2D eigenvalue weighted by atomic mass is 32.2. The molecule has 2 aromatic carbocycles. The third-order valence-electron chi connectivity index (χ3n) is 4.43. The number of benzene rings is 2. The fourth-order valence-electron chi connectivity index (χ4n) is 2.87. The lowest BCUT2D eigenvalue weighted by atomic mass is 10.1. The van der Waals surface area contributed by atoms with Crippen molar-refractivity contribution in [2.45, 2.75) is 32.5 Å². The first kappa shape index (κ1) is 22.4. The predicted octanol–water partition coefficient (Wildman–Crippen LogP) is 3.70. The molecule has 0 radical (unpaired) electrons. The molecule has 1 aromatic heterocycles. The Morgan fingerprint density at radius 3 is 2.35 bits per heavy atom. The second-order valence-electron chi connectivity index (χ2n) is 7.11. The van der Waals surface area contributed by atoms with Crippen LogP contribution < -0.4 is 15.4 Å². The molecule has 0 unspecified atom stereocenters. The lowest BCUT2D eigenvalue weighted by Crippen LogP contribution is -2.14. The Morgan fingerprint density at radius 2 is 1.71 bits per heavy atom. The van der Waals surface area contributed by atoms with Gasteiger partial charge in [-0.1, -0.05) is 29.5 Å². The van der Waals surface area contributed by atoms with Gasteiger partial charge < -0.3 is 19.9 Å². The molecule has 2 N–H and O–H groups in total. The number of hydrogen-bond donors (Lipinski definition) is 2. The zero-order chi connectivity index (χ0) is 22.4. The van der Waals surface area contributed by atoms with Crippen molar-refractivity contribution in [3.05, 3.63) is 59.4 Å². The van der Waals surface area contributed by atoms with Crippen molar-refractivity contribution in [1.82, 2.24) is 14.8 Å². The summed E-state index contributed by atoms with van der Waals surface area (Å²) in [4.78, 5) is 23.3. The van der Waals surface area contributed by atoms with E-state index < -0.39 is 0 Å². The van der Waals surface area contributed by atoms with Crippen LogP contribution in [0.4, 0.5) is 11.4 Å². The van der Waals surface area contributed by atoms with E-state index in [2.05, 4.69) is 26.9 Å². The summed E-state index contributed by atoms with van der Waals surface area (Å²) in [6.07, 6.45) is 0. The molecule has 162 valence electrons. The van der Waals surface area contributed by atoms with Crippen LogP contribution in [0.25, 0.3) is 0 Å². The topological polar surface area (TPSA) is 98.1 Å². The second kappa shape index (κ2) is 10.1. The standard InChI is InChI=1S/C22H25N5O3S/c1-14-5-10-19(15(2)11-14)30-12-20-25-26-22(27(20)4)31-13-21(29)24-18-8-6-17(7-9-18)23-16(3)28/h5-11H,12-13H2,1-4H3,(H,23,28)(H,24,29). The molecule has 0 aliphatic carbocycles. The summed E-state index contributed by atoms with van der Waals surface area (Å²) in [5, 5.41) is 14.5. The minimum atomic E-state index is -0.159. The highest BCUT2D eigenvalue weighted by Gasteiger charge is 2.13. The number of carbonyl (C=O) groups is 2.